The summed E-state index contributed by atoms with van der Waals surface area (Å²) in [5.74, 6) is 0.935. The molecular weight excluding hydrogens is 254 g/mol. The van der Waals surface area contributed by atoms with Gasteiger partial charge in [-0.3, -0.25) is 0 Å². The number of hydrogen-bond donors (Lipinski definition) is 2. The fraction of sp³-hybridized carbons (Fsp3) is 0.625. The van der Waals surface area contributed by atoms with Gasteiger partial charge >= 0.3 is 0 Å². The Morgan fingerprint density at radius 3 is 2.75 bits per heavy atom. The minimum Gasteiger partial charge on any atom is -0.490 e. The number of nitrogens with one attached hydrogen (secondary N) is 1. The molecule has 20 heavy (non-hydrogen) atoms. The third kappa shape index (κ3) is 3.07. The quantitative estimate of drug-likeness (QED) is 0.838. The summed E-state index contributed by atoms with van der Waals surface area (Å²) in [6, 6.07) is 8.10. The van der Waals surface area contributed by atoms with Gasteiger partial charge in [0.25, 0.3) is 0 Å². The molecule has 1 aliphatic heterocycles. The molecule has 1 aromatic carbocycles. The van der Waals surface area contributed by atoms with Crippen molar-refractivity contribution < 1.29 is 14.6 Å². The Morgan fingerprint density at radius 1 is 1.30 bits per heavy atom. The molecule has 4 nitrogen and oxygen atoms in total. The summed E-state index contributed by atoms with van der Waals surface area (Å²) in [5.41, 5.74) is 0.933. The van der Waals surface area contributed by atoms with Crippen molar-refractivity contribution >= 4 is 5.69 Å². The third-order valence-corrected chi connectivity index (χ3v) is 4.26. The van der Waals surface area contributed by atoms with Gasteiger partial charge in [-0.15, -0.1) is 0 Å². The van der Waals surface area contributed by atoms with Crippen molar-refractivity contribution in [3.63, 3.8) is 0 Å². The summed E-state index contributed by atoms with van der Waals surface area (Å²) in [5, 5.41) is 12.8. The van der Waals surface area contributed by atoms with Crippen LogP contribution in [0.3, 0.4) is 0 Å². The summed E-state index contributed by atoms with van der Waals surface area (Å²) < 4.78 is 11.2. The topological polar surface area (TPSA) is 50.7 Å². The van der Waals surface area contributed by atoms with E-state index in [1.54, 1.807) is 0 Å². The molecule has 0 unspecified atom stereocenters. The van der Waals surface area contributed by atoms with Crippen LogP contribution in [0, 0.1) is 5.41 Å². The van der Waals surface area contributed by atoms with E-state index in [0.717, 1.165) is 18.0 Å². The Morgan fingerprint density at radius 2 is 2.10 bits per heavy atom. The number of aliphatic hydroxyl groups excluding tert-OH is 1. The number of benzene rings is 1. The monoisotopic (exact) mass is 277 g/mol. The van der Waals surface area contributed by atoms with Gasteiger partial charge in [0.05, 0.1) is 31.3 Å². The van der Waals surface area contributed by atoms with E-state index >= 15 is 0 Å². The summed E-state index contributed by atoms with van der Waals surface area (Å²) in [7, 11) is 0. The lowest BCUT2D eigenvalue weighted by Gasteiger charge is -2.40. The van der Waals surface area contributed by atoms with E-state index in [4.69, 9.17) is 9.47 Å². The molecular formula is C16H23NO3. The van der Waals surface area contributed by atoms with Crippen molar-refractivity contribution in [1.29, 1.82) is 0 Å². The van der Waals surface area contributed by atoms with Gasteiger partial charge in [-0.2, -0.15) is 0 Å². The normalized spacial score (nSPS) is 21.4. The van der Waals surface area contributed by atoms with Crippen LogP contribution >= 0.6 is 0 Å². The predicted molar refractivity (Wildman–Crippen MR) is 78.2 cm³/mol. The van der Waals surface area contributed by atoms with E-state index in [9.17, 15) is 5.11 Å². The summed E-state index contributed by atoms with van der Waals surface area (Å²) >= 11 is 0. The Bertz CT molecular complexity index is 434. The highest BCUT2D eigenvalue weighted by molar-refractivity contribution is 5.48. The van der Waals surface area contributed by atoms with Crippen LogP contribution in [0.5, 0.6) is 5.75 Å². The summed E-state index contributed by atoms with van der Waals surface area (Å²) in [6.45, 7) is 2.16. The van der Waals surface area contributed by atoms with Crippen LogP contribution in [-0.4, -0.2) is 37.6 Å². The van der Waals surface area contributed by atoms with Gasteiger partial charge in [0.1, 0.15) is 5.75 Å². The Hall–Kier alpha value is -1.26. The predicted octanol–water partition coefficient (Wildman–Crippen LogP) is 2.43. The molecule has 0 bridgehead atoms. The zero-order valence-corrected chi connectivity index (χ0v) is 11.8. The van der Waals surface area contributed by atoms with E-state index < -0.39 is 0 Å². The molecule has 0 radical (unpaired) electrons. The molecule has 110 valence electrons. The van der Waals surface area contributed by atoms with Crippen molar-refractivity contribution in [3.8, 4) is 5.75 Å². The molecule has 2 N–H and O–H groups in total. The highest BCUT2D eigenvalue weighted by atomic mass is 16.5. The second-order valence-electron chi connectivity index (χ2n) is 6.06. The number of ether oxygens (including phenoxy) is 2. The third-order valence-electron chi connectivity index (χ3n) is 4.26. The highest BCUT2D eigenvalue weighted by Gasteiger charge is 2.37. The maximum Gasteiger partial charge on any atom is 0.121 e. The average molecular weight is 277 g/mol. The molecule has 0 atom stereocenters. The van der Waals surface area contributed by atoms with E-state index in [-0.39, 0.29) is 12.0 Å². The van der Waals surface area contributed by atoms with Crippen molar-refractivity contribution in [3.05, 3.63) is 24.3 Å². The van der Waals surface area contributed by atoms with Crippen molar-refractivity contribution in [2.45, 2.75) is 31.8 Å². The Kier molecular flexibility index (Phi) is 4.13. The lowest BCUT2D eigenvalue weighted by atomic mass is 9.87. The van der Waals surface area contributed by atoms with Crippen LogP contribution in [-0.2, 0) is 4.74 Å². The maximum atomic E-state index is 9.41. The van der Waals surface area contributed by atoms with E-state index in [1.165, 1.54) is 25.7 Å². The molecule has 1 aliphatic carbocycles. The maximum absolute atomic E-state index is 9.41. The molecule has 4 heteroatoms. The van der Waals surface area contributed by atoms with Gasteiger partial charge in [-0.1, -0.05) is 6.07 Å². The number of anilines is 1. The molecule has 3 rings (SSSR count). The van der Waals surface area contributed by atoms with Crippen LogP contribution in [0.2, 0.25) is 0 Å². The van der Waals surface area contributed by atoms with Gasteiger partial charge < -0.3 is 19.9 Å². The fourth-order valence-corrected chi connectivity index (χ4v) is 2.81. The van der Waals surface area contributed by atoms with E-state index in [0.29, 0.717) is 19.3 Å². The van der Waals surface area contributed by atoms with Crippen LogP contribution < -0.4 is 10.1 Å². The Balaban J connectivity index is 1.56. The van der Waals surface area contributed by atoms with Gasteiger partial charge in [0.2, 0.25) is 0 Å². The fourth-order valence-electron chi connectivity index (χ4n) is 2.81. The van der Waals surface area contributed by atoms with Crippen LogP contribution in [0.1, 0.15) is 25.7 Å². The minimum atomic E-state index is -0.109. The standard InChI is InChI=1S/C16H23NO3/c18-10-16(11-19-12-16)9-17-13-4-3-7-15(8-13)20-14-5-1-2-6-14/h3-4,7-8,14,17-18H,1-2,5-6,9-12H2. The Labute approximate surface area is 120 Å². The lowest BCUT2D eigenvalue weighted by molar-refractivity contribution is -0.128. The van der Waals surface area contributed by atoms with E-state index in [2.05, 4.69) is 5.32 Å². The summed E-state index contributed by atoms with van der Waals surface area (Å²) in [6.07, 6.45) is 5.28. The molecule has 1 aromatic rings. The van der Waals surface area contributed by atoms with Gasteiger partial charge in [0, 0.05) is 18.3 Å². The first kappa shape index (κ1) is 13.7. The van der Waals surface area contributed by atoms with Gasteiger partial charge in [-0.25, -0.2) is 0 Å². The van der Waals surface area contributed by atoms with Gasteiger partial charge in [-0.05, 0) is 37.8 Å². The summed E-state index contributed by atoms with van der Waals surface area (Å²) in [4.78, 5) is 0. The van der Waals surface area contributed by atoms with Crippen molar-refractivity contribution in [2.24, 2.45) is 5.41 Å². The first-order valence-corrected chi connectivity index (χ1v) is 7.49. The van der Waals surface area contributed by atoms with Crippen molar-refractivity contribution in [1.82, 2.24) is 0 Å². The first-order chi connectivity index (χ1) is 9.80. The number of hydrogen-bond acceptors (Lipinski definition) is 4. The second-order valence-corrected chi connectivity index (χ2v) is 6.06. The molecule has 1 saturated carbocycles. The average Bonchev–Trinajstić information content (AvgIpc) is 2.91. The van der Waals surface area contributed by atoms with Crippen LogP contribution in [0.25, 0.3) is 0 Å². The largest absolute Gasteiger partial charge is 0.490 e. The molecule has 0 amide bonds. The molecule has 0 aromatic heterocycles. The SMILES string of the molecule is OCC1(CNc2cccc(OC3CCCC3)c2)COC1. The smallest absolute Gasteiger partial charge is 0.121 e. The molecule has 2 aliphatic rings. The number of rotatable bonds is 6. The molecule has 0 spiro atoms. The molecule has 1 heterocycles. The second kappa shape index (κ2) is 6.02. The van der Waals surface area contributed by atoms with Crippen LogP contribution in [0.15, 0.2) is 24.3 Å². The molecule has 2 fully saturated rings. The zero-order chi connectivity index (χ0) is 13.8. The van der Waals surface area contributed by atoms with E-state index in [1.807, 2.05) is 24.3 Å². The van der Waals surface area contributed by atoms with Crippen molar-refractivity contribution in [2.75, 3.05) is 31.7 Å². The lowest BCUT2D eigenvalue weighted by Crippen LogP contribution is -2.50. The zero-order valence-electron chi connectivity index (χ0n) is 11.8. The molecule has 1 saturated heterocycles. The van der Waals surface area contributed by atoms with Gasteiger partial charge in [0.15, 0.2) is 0 Å². The highest BCUT2D eigenvalue weighted by Crippen LogP contribution is 2.29. The van der Waals surface area contributed by atoms with Crippen LogP contribution in [0.4, 0.5) is 5.69 Å². The minimum absolute atomic E-state index is 0.109. The number of aliphatic hydroxyl groups is 1. The first-order valence-electron chi connectivity index (χ1n) is 7.49.